The summed E-state index contributed by atoms with van der Waals surface area (Å²) in [6.07, 6.45) is 17.0. The average Bonchev–Trinajstić information content (AvgIpc) is 2.82. The van der Waals surface area contributed by atoms with Crippen LogP contribution in [0.5, 0.6) is 11.5 Å². The molecule has 32 heavy (non-hydrogen) atoms. The summed E-state index contributed by atoms with van der Waals surface area (Å²) in [6.45, 7) is 3.87. The summed E-state index contributed by atoms with van der Waals surface area (Å²) < 4.78 is 24.6. The second kappa shape index (κ2) is 10.9. The van der Waals surface area contributed by atoms with Gasteiger partial charge < -0.3 is 9.47 Å². The number of hydrogen-bond donors (Lipinski definition) is 0. The fourth-order valence-electron chi connectivity index (χ4n) is 6.92. The van der Waals surface area contributed by atoms with Gasteiger partial charge in [-0.25, -0.2) is 4.39 Å². The molecular weight excluding hydrogens is 403 g/mol. The summed E-state index contributed by atoms with van der Waals surface area (Å²) in [4.78, 5) is 13.0. The first-order valence-electron chi connectivity index (χ1n) is 12.7. The lowest BCUT2D eigenvalue weighted by atomic mass is 9.59. The highest BCUT2D eigenvalue weighted by molar-refractivity contribution is 5.75. The molecule has 0 radical (unpaired) electrons. The molecule has 3 aliphatic carbocycles. The zero-order chi connectivity index (χ0) is 22.5. The second-order valence-electron chi connectivity index (χ2n) is 10.4. The molecule has 3 aliphatic rings. The molecule has 3 fully saturated rings. The third-order valence-electron chi connectivity index (χ3n) is 8.67. The molecule has 1 aromatic carbocycles. The van der Waals surface area contributed by atoms with Crippen molar-refractivity contribution in [3.05, 3.63) is 36.7 Å². The van der Waals surface area contributed by atoms with Gasteiger partial charge in [-0.1, -0.05) is 31.8 Å². The molecule has 0 bridgehead atoms. The maximum atomic E-state index is 14.0. The monoisotopic (exact) mass is 442 g/mol. The highest BCUT2D eigenvalue weighted by Gasteiger charge is 2.43. The fourth-order valence-corrected chi connectivity index (χ4v) is 6.92. The molecule has 1 aromatic rings. The van der Waals surface area contributed by atoms with Crippen LogP contribution in [0.25, 0.3) is 0 Å². The molecule has 0 aromatic heterocycles. The Bertz CT molecular complexity index is 783. The summed E-state index contributed by atoms with van der Waals surface area (Å²) >= 11 is 0. The van der Waals surface area contributed by atoms with Gasteiger partial charge in [-0.05, 0) is 93.1 Å². The van der Waals surface area contributed by atoms with Crippen molar-refractivity contribution >= 4 is 5.97 Å². The van der Waals surface area contributed by atoms with E-state index in [0.717, 1.165) is 43.4 Å². The van der Waals surface area contributed by atoms with E-state index in [1.54, 1.807) is 6.07 Å². The molecule has 4 rings (SSSR count). The predicted molar refractivity (Wildman–Crippen MR) is 125 cm³/mol. The first-order valence-corrected chi connectivity index (χ1v) is 12.7. The van der Waals surface area contributed by atoms with Crippen molar-refractivity contribution in [2.75, 3.05) is 7.11 Å². The fraction of sp³-hybridized carbons (Fsp3) is 0.679. The van der Waals surface area contributed by atoms with Crippen LogP contribution in [0.1, 0.15) is 77.0 Å². The number of benzene rings is 1. The average molecular weight is 443 g/mol. The zero-order valence-electron chi connectivity index (χ0n) is 19.6. The minimum Gasteiger partial charge on any atom is -0.494 e. The minimum absolute atomic E-state index is 0.0468. The van der Waals surface area contributed by atoms with Crippen molar-refractivity contribution in [1.29, 1.82) is 0 Å². The molecule has 0 amide bonds. The largest absolute Gasteiger partial charge is 0.494 e. The van der Waals surface area contributed by atoms with Crippen molar-refractivity contribution in [2.45, 2.75) is 77.0 Å². The Kier molecular flexibility index (Phi) is 7.91. The lowest BCUT2D eigenvalue weighted by Crippen LogP contribution is -2.40. The smallest absolute Gasteiger partial charge is 0.314 e. The molecule has 0 N–H and O–H groups in total. The predicted octanol–water partition coefficient (Wildman–Crippen LogP) is 7.34. The van der Waals surface area contributed by atoms with Gasteiger partial charge in [0.1, 0.15) is 5.75 Å². The molecule has 0 saturated heterocycles. The van der Waals surface area contributed by atoms with Gasteiger partial charge in [0.2, 0.25) is 0 Å². The van der Waals surface area contributed by atoms with E-state index in [2.05, 4.69) is 12.7 Å². The van der Waals surface area contributed by atoms with Gasteiger partial charge in [-0.15, -0.1) is 6.58 Å². The summed E-state index contributed by atoms with van der Waals surface area (Å²) in [5.74, 6) is 3.40. The quantitative estimate of drug-likeness (QED) is 0.252. The van der Waals surface area contributed by atoms with Crippen LogP contribution in [-0.2, 0) is 4.79 Å². The van der Waals surface area contributed by atoms with Gasteiger partial charge in [0, 0.05) is 6.07 Å². The van der Waals surface area contributed by atoms with Crippen molar-refractivity contribution in [1.82, 2.24) is 0 Å². The van der Waals surface area contributed by atoms with Crippen LogP contribution in [0.3, 0.4) is 0 Å². The number of carbonyl (C=O) groups excluding carboxylic acids is 1. The molecule has 0 heterocycles. The molecule has 176 valence electrons. The standard InChI is InChI=1S/C28H39FO3/c1-3-4-6-19-9-11-20(12-10-19)21-13-15-24-22(17-21)7-5-8-25(24)28(30)32-23-14-16-27(31-2)26(29)18-23/h3,14,16,18-22,24-25H,1,4-13,15,17H2,2H3. The van der Waals surface area contributed by atoms with Crippen molar-refractivity contribution in [3.63, 3.8) is 0 Å². The Balaban J connectivity index is 1.31. The van der Waals surface area contributed by atoms with E-state index >= 15 is 0 Å². The first-order chi connectivity index (χ1) is 15.6. The maximum absolute atomic E-state index is 14.0. The number of fused-ring (bicyclic) bond motifs is 1. The number of esters is 1. The third-order valence-corrected chi connectivity index (χ3v) is 8.67. The Hall–Kier alpha value is -1.84. The van der Waals surface area contributed by atoms with Crippen LogP contribution >= 0.6 is 0 Å². The van der Waals surface area contributed by atoms with Crippen LogP contribution in [0.15, 0.2) is 30.9 Å². The highest BCUT2D eigenvalue weighted by atomic mass is 19.1. The third kappa shape index (κ3) is 5.38. The van der Waals surface area contributed by atoms with Crippen LogP contribution < -0.4 is 9.47 Å². The van der Waals surface area contributed by atoms with E-state index in [-0.39, 0.29) is 23.4 Å². The van der Waals surface area contributed by atoms with Crippen LogP contribution in [0, 0.1) is 41.3 Å². The Morgan fingerprint density at radius 3 is 2.56 bits per heavy atom. The van der Waals surface area contributed by atoms with Gasteiger partial charge in [0.05, 0.1) is 13.0 Å². The summed E-state index contributed by atoms with van der Waals surface area (Å²) in [6, 6.07) is 4.38. The number of hydrogen-bond acceptors (Lipinski definition) is 3. The van der Waals surface area contributed by atoms with Gasteiger partial charge in [0.25, 0.3) is 0 Å². The summed E-state index contributed by atoms with van der Waals surface area (Å²) in [7, 11) is 1.43. The van der Waals surface area contributed by atoms with Crippen molar-refractivity contribution < 1.29 is 18.7 Å². The number of carbonyl (C=O) groups is 1. The van der Waals surface area contributed by atoms with Gasteiger partial charge in [-0.3, -0.25) is 4.79 Å². The molecular formula is C28H39FO3. The Morgan fingerprint density at radius 2 is 1.84 bits per heavy atom. The van der Waals surface area contributed by atoms with Crippen LogP contribution in [-0.4, -0.2) is 13.1 Å². The Labute approximate surface area is 192 Å². The van der Waals surface area contributed by atoms with E-state index in [0.29, 0.717) is 11.8 Å². The topological polar surface area (TPSA) is 35.5 Å². The number of allylic oxidation sites excluding steroid dienone is 1. The van der Waals surface area contributed by atoms with Crippen LogP contribution in [0.2, 0.25) is 0 Å². The van der Waals surface area contributed by atoms with Crippen molar-refractivity contribution in [2.24, 2.45) is 35.5 Å². The second-order valence-corrected chi connectivity index (χ2v) is 10.4. The number of methoxy groups -OCH3 is 1. The SMILES string of the molecule is C=CCCC1CCC(C2CCC3C(CCCC3C(=O)Oc3ccc(OC)c(F)c3)C2)CC1. The summed E-state index contributed by atoms with van der Waals surface area (Å²) in [5, 5.41) is 0. The van der Waals surface area contributed by atoms with Crippen LogP contribution in [0.4, 0.5) is 4.39 Å². The highest BCUT2D eigenvalue weighted by Crippen LogP contribution is 2.50. The zero-order valence-corrected chi connectivity index (χ0v) is 19.6. The van der Waals surface area contributed by atoms with E-state index < -0.39 is 5.82 Å². The normalized spacial score (nSPS) is 32.6. The molecule has 4 heteroatoms. The van der Waals surface area contributed by atoms with E-state index in [9.17, 15) is 9.18 Å². The van der Waals surface area contributed by atoms with E-state index in [4.69, 9.17) is 9.47 Å². The minimum atomic E-state index is -0.501. The molecule has 4 atom stereocenters. The number of ether oxygens (including phenoxy) is 2. The van der Waals surface area contributed by atoms with Gasteiger partial charge in [0.15, 0.2) is 11.6 Å². The first kappa shape index (κ1) is 23.3. The van der Waals surface area contributed by atoms with Crippen molar-refractivity contribution in [3.8, 4) is 11.5 Å². The summed E-state index contributed by atoms with van der Waals surface area (Å²) in [5.41, 5.74) is 0. The van der Waals surface area contributed by atoms with Gasteiger partial charge >= 0.3 is 5.97 Å². The molecule has 4 unspecified atom stereocenters. The Morgan fingerprint density at radius 1 is 1.06 bits per heavy atom. The van der Waals surface area contributed by atoms with Gasteiger partial charge in [-0.2, -0.15) is 0 Å². The maximum Gasteiger partial charge on any atom is 0.314 e. The lowest BCUT2D eigenvalue weighted by molar-refractivity contribution is -0.144. The number of halogens is 1. The lowest BCUT2D eigenvalue weighted by Gasteiger charge is -2.46. The van der Waals surface area contributed by atoms with E-state index in [1.165, 1.54) is 70.6 Å². The molecule has 3 saturated carbocycles. The number of rotatable bonds is 7. The molecule has 0 aliphatic heterocycles. The molecule has 3 nitrogen and oxygen atoms in total. The van der Waals surface area contributed by atoms with E-state index in [1.807, 2.05) is 0 Å². The molecule has 0 spiro atoms.